The number of hydrogen-bond donors (Lipinski definition) is 2. The van der Waals surface area contributed by atoms with E-state index in [0.29, 0.717) is 6.04 Å². The largest absolute Gasteiger partial charge is 0.380 e. The van der Waals surface area contributed by atoms with Crippen LogP contribution >= 0.6 is 0 Å². The summed E-state index contributed by atoms with van der Waals surface area (Å²) >= 11 is 0. The Kier molecular flexibility index (Phi) is 6.15. The summed E-state index contributed by atoms with van der Waals surface area (Å²) in [5.74, 6) is 0.878. The molecule has 3 nitrogen and oxygen atoms in total. The highest BCUT2D eigenvalue weighted by Crippen LogP contribution is 2.28. The third-order valence-corrected chi connectivity index (χ3v) is 2.69. The van der Waals surface area contributed by atoms with Crippen LogP contribution in [0.5, 0.6) is 0 Å². The van der Waals surface area contributed by atoms with E-state index in [1.807, 2.05) is 0 Å². The summed E-state index contributed by atoms with van der Waals surface area (Å²) in [5.41, 5.74) is 5.79. The molecule has 1 rings (SSSR count). The van der Waals surface area contributed by atoms with Crippen molar-refractivity contribution in [2.24, 2.45) is 11.7 Å². The number of nitrogens with two attached hydrogens (primary N) is 1. The van der Waals surface area contributed by atoms with Gasteiger partial charge in [-0.15, -0.1) is 0 Å². The topological polar surface area (TPSA) is 47.3 Å². The normalized spacial score (nSPS) is 18.4. The van der Waals surface area contributed by atoms with Gasteiger partial charge in [-0.05, 0) is 38.1 Å². The van der Waals surface area contributed by atoms with E-state index in [9.17, 15) is 0 Å². The molecule has 0 spiro atoms. The van der Waals surface area contributed by atoms with Crippen LogP contribution in [0.4, 0.5) is 0 Å². The highest BCUT2D eigenvalue weighted by molar-refractivity contribution is 4.71. The van der Waals surface area contributed by atoms with Crippen molar-refractivity contribution in [3.63, 3.8) is 0 Å². The lowest BCUT2D eigenvalue weighted by Gasteiger charge is -2.09. The van der Waals surface area contributed by atoms with Crippen molar-refractivity contribution in [2.75, 3.05) is 26.3 Å². The molecule has 1 fully saturated rings. The Labute approximate surface area is 87.4 Å². The van der Waals surface area contributed by atoms with Crippen LogP contribution in [-0.4, -0.2) is 32.3 Å². The van der Waals surface area contributed by atoms with Crippen molar-refractivity contribution < 1.29 is 4.74 Å². The Bertz CT molecular complexity index is 137. The molecule has 1 aliphatic carbocycles. The van der Waals surface area contributed by atoms with Gasteiger partial charge in [0.1, 0.15) is 0 Å². The summed E-state index contributed by atoms with van der Waals surface area (Å²) in [4.78, 5) is 0. The van der Waals surface area contributed by atoms with Crippen LogP contribution in [0, 0.1) is 5.92 Å². The smallest absolute Gasteiger partial charge is 0.0591 e. The molecule has 1 saturated carbocycles. The molecule has 0 amide bonds. The van der Waals surface area contributed by atoms with Crippen molar-refractivity contribution >= 4 is 0 Å². The average molecular weight is 200 g/mol. The second-order valence-corrected chi connectivity index (χ2v) is 4.23. The molecule has 0 bridgehead atoms. The molecule has 0 aromatic heterocycles. The lowest BCUT2D eigenvalue weighted by atomic mass is 10.2. The first-order valence-electron chi connectivity index (χ1n) is 5.87. The first kappa shape index (κ1) is 12.0. The zero-order valence-electron chi connectivity index (χ0n) is 9.30. The Hall–Kier alpha value is -0.120. The third-order valence-electron chi connectivity index (χ3n) is 2.69. The van der Waals surface area contributed by atoms with Gasteiger partial charge in [0.05, 0.1) is 6.61 Å². The number of ether oxygens (including phenoxy) is 1. The molecule has 3 heteroatoms. The second-order valence-electron chi connectivity index (χ2n) is 4.23. The highest BCUT2D eigenvalue weighted by Gasteiger charge is 2.20. The van der Waals surface area contributed by atoms with Gasteiger partial charge in [-0.2, -0.15) is 0 Å². The lowest BCUT2D eigenvalue weighted by Crippen LogP contribution is -2.28. The second kappa shape index (κ2) is 7.21. The van der Waals surface area contributed by atoms with Gasteiger partial charge in [-0.3, -0.25) is 0 Å². The van der Waals surface area contributed by atoms with E-state index >= 15 is 0 Å². The SMILES string of the molecule is CCC(N)CCNCCOCC1CC1. The zero-order chi connectivity index (χ0) is 10.2. The van der Waals surface area contributed by atoms with Crippen LogP contribution in [0.1, 0.15) is 32.6 Å². The predicted molar refractivity (Wildman–Crippen MR) is 59.3 cm³/mol. The van der Waals surface area contributed by atoms with Crippen molar-refractivity contribution in [3.8, 4) is 0 Å². The van der Waals surface area contributed by atoms with Crippen molar-refractivity contribution in [1.29, 1.82) is 0 Å². The van der Waals surface area contributed by atoms with Crippen LogP contribution in [-0.2, 0) is 4.74 Å². The molecule has 0 aromatic carbocycles. The number of rotatable bonds is 9. The van der Waals surface area contributed by atoms with Crippen LogP contribution in [0.3, 0.4) is 0 Å². The Balaban J connectivity index is 1.70. The number of hydrogen-bond acceptors (Lipinski definition) is 3. The van der Waals surface area contributed by atoms with E-state index < -0.39 is 0 Å². The minimum absolute atomic E-state index is 0.356. The molecule has 0 heterocycles. The summed E-state index contributed by atoms with van der Waals surface area (Å²) in [5, 5.41) is 3.34. The fourth-order valence-corrected chi connectivity index (χ4v) is 1.30. The maximum absolute atomic E-state index is 5.79. The van der Waals surface area contributed by atoms with Gasteiger partial charge in [0.15, 0.2) is 0 Å². The maximum Gasteiger partial charge on any atom is 0.0591 e. The van der Waals surface area contributed by atoms with Crippen LogP contribution in [0.15, 0.2) is 0 Å². The molecule has 3 N–H and O–H groups in total. The summed E-state index contributed by atoms with van der Waals surface area (Å²) in [6.07, 6.45) is 4.89. The minimum Gasteiger partial charge on any atom is -0.380 e. The van der Waals surface area contributed by atoms with Crippen molar-refractivity contribution in [1.82, 2.24) is 5.32 Å². The molecule has 0 aromatic rings. The van der Waals surface area contributed by atoms with Gasteiger partial charge in [-0.1, -0.05) is 6.92 Å². The van der Waals surface area contributed by atoms with Gasteiger partial charge in [-0.25, -0.2) is 0 Å². The Morgan fingerprint density at radius 1 is 1.43 bits per heavy atom. The van der Waals surface area contributed by atoms with Crippen LogP contribution in [0.25, 0.3) is 0 Å². The summed E-state index contributed by atoms with van der Waals surface area (Å²) < 4.78 is 5.50. The number of nitrogens with one attached hydrogen (secondary N) is 1. The van der Waals surface area contributed by atoms with E-state index in [0.717, 1.165) is 45.1 Å². The van der Waals surface area contributed by atoms with Gasteiger partial charge < -0.3 is 15.8 Å². The summed E-state index contributed by atoms with van der Waals surface area (Å²) in [7, 11) is 0. The fourth-order valence-electron chi connectivity index (χ4n) is 1.30. The van der Waals surface area contributed by atoms with Gasteiger partial charge in [0.25, 0.3) is 0 Å². The molecule has 0 saturated heterocycles. The summed E-state index contributed by atoms with van der Waals surface area (Å²) in [6.45, 7) is 5.92. The van der Waals surface area contributed by atoms with Gasteiger partial charge in [0.2, 0.25) is 0 Å². The first-order valence-corrected chi connectivity index (χ1v) is 5.87. The molecule has 1 atom stereocenters. The quantitative estimate of drug-likeness (QED) is 0.549. The molecule has 84 valence electrons. The zero-order valence-corrected chi connectivity index (χ0v) is 9.30. The molecule has 14 heavy (non-hydrogen) atoms. The Morgan fingerprint density at radius 2 is 2.21 bits per heavy atom. The predicted octanol–water partition coefficient (Wildman–Crippen LogP) is 1.13. The molecule has 0 aliphatic heterocycles. The van der Waals surface area contributed by atoms with Gasteiger partial charge in [0, 0.05) is 19.2 Å². The monoisotopic (exact) mass is 200 g/mol. The van der Waals surface area contributed by atoms with Crippen LogP contribution < -0.4 is 11.1 Å². The minimum atomic E-state index is 0.356. The molecule has 1 unspecified atom stereocenters. The molecule has 0 radical (unpaired) electrons. The average Bonchev–Trinajstić information content (AvgIpc) is 2.99. The van der Waals surface area contributed by atoms with E-state index in [4.69, 9.17) is 10.5 Å². The Morgan fingerprint density at radius 3 is 2.86 bits per heavy atom. The highest BCUT2D eigenvalue weighted by atomic mass is 16.5. The third kappa shape index (κ3) is 6.35. The van der Waals surface area contributed by atoms with E-state index in [1.54, 1.807) is 0 Å². The van der Waals surface area contributed by atoms with Crippen molar-refractivity contribution in [2.45, 2.75) is 38.6 Å². The molecular weight excluding hydrogens is 176 g/mol. The molecular formula is C11H24N2O. The van der Waals surface area contributed by atoms with E-state index in [-0.39, 0.29) is 0 Å². The fraction of sp³-hybridized carbons (Fsp3) is 1.00. The first-order chi connectivity index (χ1) is 6.83. The maximum atomic E-state index is 5.79. The summed E-state index contributed by atoms with van der Waals surface area (Å²) in [6, 6.07) is 0.356. The van der Waals surface area contributed by atoms with E-state index in [2.05, 4.69) is 12.2 Å². The standard InChI is InChI=1S/C11H24N2O/c1-2-11(12)5-6-13-7-8-14-9-10-3-4-10/h10-11,13H,2-9,12H2,1H3. The van der Waals surface area contributed by atoms with Crippen molar-refractivity contribution in [3.05, 3.63) is 0 Å². The molecule has 1 aliphatic rings. The lowest BCUT2D eigenvalue weighted by molar-refractivity contribution is 0.126. The van der Waals surface area contributed by atoms with Crippen LogP contribution in [0.2, 0.25) is 0 Å². The van der Waals surface area contributed by atoms with Gasteiger partial charge >= 0.3 is 0 Å². The van der Waals surface area contributed by atoms with E-state index in [1.165, 1.54) is 12.8 Å².